The molecule has 3 heteroatoms. The summed E-state index contributed by atoms with van der Waals surface area (Å²) in [6.07, 6.45) is 1.86. The van der Waals surface area contributed by atoms with E-state index in [-0.39, 0.29) is 0 Å². The maximum atomic E-state index is 4.47. The third-order valence-electron chi connectivity index (χ3n) is 3.78. The molecule has 3 nitrogen and oxygen atoms in total. The number of rotatable bonds is 6. The monoisotopic (exact) mass is 293 g/mol. The number of hydrogen-bond donors (Lipinski definition) is 2. The third-order valence-corrected chi connectivity index (χ3v) is 3.78. The minimum atomic E-state index is 0.333. The molecule has 2 aromatic rings. The van der Waals surface area contributed by atoms with Gasteiger partial charge in [-0.05, 0) is 25.1 Å². The molecule has 0 radical (unpaired) electrons. The number of nitrogens with zero attached hydrogens (tertiary/aromatic N) is 1. The van der Waals surface area contributed by atoms with Crippen LogP contribution in [-0.2, 0) is 0 Å². The molecule has 0 heterocycles. The van der Waals surface area contributed by atoms with Crippen LogP contribution in [0.5, 0.6) is 0 Å². The molecule has 0 saturated carbocycles. The van der Waals surface area contributed by atoms with Crippen molar-refractivity contribution < 1.29 is 0 Å². The zero-order chi connectivity index (χ0) is 15.9. The second kappa shape index (κ2) is 7.57. The molecule has 0 saturated heterocycles. The molecule has 1 unspecified atom stereocenters. The number of hydrazone groups is 1. The normalized spacial score (nSPS) is 12.8. The summed E-state index contributed by atoms with van der Waals surface area (Å²) in [6.45, 7) is 6.04. The summed E-state index contributed by atoms with van der Waals surface area (Å²) in [5.41, 5.74) is 8.30. The summed E-state index contributed by atoms with van der Waals surface area (Å²) in [4.78, 5) is 0. The Morgan fingerprint density at radius 3 is 2.36 bits per heavy atom. The van der Waals surface area contributed by atoms with E-state index in [1.165, 1.54) is 5.56 Å². The predicted molar refractivity (Wildman–Crippen MR) is 95.1 cm³/mol. The van der Waals surface area contributed by atoms with Crippen LogP contribution in [-0.4, -0.2) is 19.8 Å². The number of benzene rings is 2. The molecule has 0 bridgehead atoms. The molecule has 0 amide bonds. The van der Waals surface area contributed by atoms with E-state index in [4.69, 9.17) is 0 Å². The fourth-order valence-electron chi connectivity index (χ4n) is 2.38. The van der Waals surface area contributed by atoms with Crippen LogP contribution in [0.25, 0.3) is 6.08 Å². The Bertz CT molecular complexity index is 657. The molecule has 0 aromatic heterocycles. The third kappa shape index (κ3) is 3.43. The zero-order valence-corrected chi connectivity index (χ0v) is 13.4. The molecule has 0 aliphatic rings. The van der Waals surface area contributed by atoms with E-state index in [2.05, 4.69) is 59.7 Å². The first-order chi connectivity index (χ1) is 10.7. The topological polar surface area (TPSA) is 36.4 Å². The lowest BCUT2D eigenvalue weighted by Crippen LogP contribution is -2.13. The highest BCUT2D eigenvalue weighted by Crippen LogP contribution is 2.19. The van der Waals surface area contributed by atoms with Crippen LogP contribution in [0.1, 0.15) is 35.2 Å². The molecule has 114 valence electrons. The average Bonchev–Trinajstić information content (AvgIpc) is 2.59. The highest BCUT2D eigenvalue weighted by Gasteiger charge is 2.11. The van der Waals surface area contributed by atoms with Crippen LogP contribution >= 0.6 is 0 Å². The molecular formula is C19H23N3. The molecule has 0 aliphatic heterocycles. The summed E-state index contributed by atoms with van der Waals surface area (Å²) in [7, 11) is 3.78. The molecule has 1 atom stereocenters. The van der Waals surface area contributed by atoms with Crippen molar-refractivity contribution >= 4 is 11.8 Å². The van der Waals surface area contributed by atoms with Crippen LogP contribution in [0.15, 0.2) is 60.2 Å². The highest BCUT2D eigenvalue weighted by atomic mass is 15.3. The lowest BCUT2D eigenvalue weighted by atomic mass is 9.96. The smallest absolute Gasteiger partial charge is 0.0979 e. The fraction of sp³-hybridized carbons (Fsp3) is 0.211. The summed E-state index contributed by atoms with van der Waals surface area (Å²) in [5, 5.41) is 7.72. The summed E-state index contributed by atoms with van der Waals surface area (Å²) >= 11 is 0. The van der Waals surface area contributed by atoms with Crippen molar-refractivity contribution in [2.45, 2.75) is 13.0 Å². The van der Waals surface area contributed by atoms with Crippen LogP contribution in [0.3, 0.4) is 0 Å². The lowest BCUT2D eigenvalue weighted by molar-refractivity contribution is 0.652. The van der Waals surface area contributed by atoms with Crippen molar-refractivity contribution in [3.8, 4) is 0 Å². The van der Waals surface area contributed by atoms with Crippen molar-refractivity contribution in [2.24, 2.45) is 5.10 Å². The van der Waals surface area contributed by atoms with Gasteiger partial charge in [0, 0.05) is 24.2 Å². The Morgan fingerprint density at radius 2 is 1.77 bits per heavy atom. The van der Waals surface area contributed by atoms with Gasteiger partial charge in [-0.15, -0.1) is 0 Å². The van der Waals surface area contributed by atoms with Gasteiger partial charge < -0.3 is 10.7 Å². The molecule has 0 aliphatic carbocycles. The van der Waals surface area contributed by atoms with Crippen LogP contribution in [0.2, 0.25) is 0 Å². The lowest BCUT2D eigenvalue weighted by Gasteiger charge is -2.13. The second-order valence-electron chi connectivity index (χ2n) is 5.11. The van der Waals surface area contributed by atoms with Gasteiger partial charge in [0.05, 0.1) is 5.71 Å². The van der Waals surface area contributed by atoms with E-state index in [9.17, 15) is 0 Å². The SMILES string of the molecule is C=Cc1ccccc1/C(=N\NC)c1ccc(C(C)NC)cc1. The Hall–Kier alpha value is -2.39. The van der Waals surface area contributed by atoms with Crippen LogP contribution < -0.4 is 10.7 Å². The van der Waals surface area contributed by atoms with E-state index in [0.717, 1.165) is 22.4 Å². The largest absolute Gasteiger partial charge is 0.313 e. The van der Waals surface area contributed by atoms with Crippen LogP contribution in [0, 0.1) is 0 Å². The minimum absolute atomic E-state index is 0.333. The first-order valence-electron chi connectivity index (χ1n) is 7.45. The molecule has 0 spiro atoms. The van der Waals surface area contributed by atoms with Gasteiger partial charge in [-0.3, -0.25) is 0 Å². The summed E-state index contributed by atoms with van der Waals surface area (Å²) in [6, 6.07) is 17.0. The molecule has 2 N–H and O–H groups in total. The maximum Gasteiger partial charge on any atom is 0.0979 e. The van der Waals surface area contributed by atoms with E-state index >= 15 is 0 Å². The van der Waals surface area contributed by atoms with E-state index in [1.54, 1.807) is 0 Å². The summed E-state index contributed by atoms with van der Waals surface area (Å²) < 4.78 is 0. The Morgan fingerprint density at radius 1 is 1.09 bits per heavy atom. The Labute approximate surface area is 132 Å². The van der Waals surface area contributed by atoms with Crippen molar-refractivity contribution in [1.29, 1.82) is 0 Å². The van der Waals surface area contributed by atoms with Gasteiger partial charge >= 0.3 is 0 Å². The number of nitrogens with one attached hydrogen (secondary N) is 2. The summed E-state index contributed by atoms with van der Waals surface area (Å²) in [5.74, 6) is 0. The van der Waals surface area contributed by atoms with Crippen molar-refractivity contribution in [2.75, 3.05) is 14.1 Å². The second-order valence-corrected chi connectivity index (χ2v) is 5.11. The number of hydrogen-bond acceptors (Lipinski definition) is 3. The predicted octanol–water partition coefficient (Wildman–Crippen LogP) is 3.58. The van der Waals surface area contributed by atoms with Crippen molar-refractivity contribution in [3.05, 3.63) is 77.4 Å². The van der Waals surface area contributed by atoms with Gasteiger partial charge in [0.25, 0.3) is 0 Å². The quantitative estimate of drug-likeness (QED) is 0.631. The van der Waals surface area contributed by atoms with Crippen molar-refractivity contribution in [1.82, 2.24) is 10.7 Å². The molecule has 22 heavy (non-hydrogen) atoms. The fourth-order valence-corrected chi connectivity index (χ4v) is 2.38. The first kappa shape index (κ1) is 16.0. The van der Waals surface area contributed by atoms with Crippen molar-refractivity contribution in [3.63, 3.8) is 0 Å². The van der Waals surface area contributed by atoms with Gasteiger partial charge in [-0.25, -0.2) is 0 Å². The zero-order valence-electron chi connectivity index (χ0n) is 13.4. The van der Waals surface area contributed by atoms with Gasteiger partial charge in [0.2, 0.25) is 0 Å². The highest BCUT2D eigenvalue weighted by molar-refractivity contribution is 6.14. The average molecular weight is 293 g/mol. The molecule has 2 rings (SSSR count). The van der Waals surface area contributed by atoms with Gasteiger partial charge in [0.1, 0.15) is 0 Å². The maximum absolute atomic E-state index is 4.47. The standard InChI is InChI=1S/C19H23N3/c1-5-15-8-6-7-9-18(15)19(22-21-4)17-12-10-16(11-13-17)14(2)20-3/h5-14,20-21H,1H2,2-4H3/b22-19-. The van der Waals surface area contributed by atoms with E-state index in [0.29, 0.717) is 6.04 Å². The molecule has 0 fully saturated rings. The van der Waals surface area contributed by atoms with Gasteiger partial charge in [-0.2, -0.15) is 5.10 Å². The van der Waals surface area contributed by atoms with Gasteiger partial charge in [-0.1, -0.05) is 61.2 Å². The molecular weight excluding hydrogens is 270 g/mol. The Kier molecular flexibility index (Phi) is 5.50. The van der Waals surface area contributed by atoms with Gasteiger partial charge in [0.15, 0.2) is 0 Å². The van der Waals surface area contributed by atoms with Crippen LogP contribution in [0.4, 0.5) is 0 Å². The first-order valence-corrected chi connectivity index (χ1v) is 7.45. The minimum Gasteiger partial charge on any atom is -0.313 e. The Balaban J connectivity index is 2.45. The molecule has 2 aromatic carbocycles. The van der Waals surface area contributed by atoms with E-state index in [1.807, 2.05) is 38.4 Å². The van der Waals surface area contributed by atoms with E-state index < -0.39 is 0 Å².